The molecule has 0 heterocycles. The molecule has 11 aromatic rings. The van der Waals surface area contributed by atoms with E-state index in [0.717, 1.165) is 0 Å². The average molecular weight is 787 g/mol. The van der Waals surface area contributed by atoms with E-state index in [9.17, 15) is 0 Å². The van der Waals surface area contributed by atoms with Crippen LogP contribution in [0.15, 0.2) is 200 Å². The van der Waals surface area contributed by atoms with Crippen molar-refractivity contribution in [1.82, 2.24) is 0 Å². The molecule has 0 fully saturated rings. The van der Waals surface area contributed by atoms with Crippen molar-refractivity contribution in [2.75, 3.05) is 0 Å². The van der Waals surface area contributed by atoms with Crippen LogP contribution in [-0.2, 0) is 5.41 Å². The van der Waals surface area contributed by atoms with Gasteiger partial charge in [0, 0.05) is 0 Å². The number of hydrogen-bond donors (Lipinski definition) is 0. The van der Waals surface area contributed by atoms with Crippen LogP contribution in [0.5, 0.6) is 0 Å². The van der Waals surface area contributed by atoms with Crippen molar-refractivity contribution in [1.29, 1.82) is 0 Å². The molecule has 2 aliphatic carbocycles. The van der Waals surface area contributed by atoms with Gasteiger partial charge in [-0.05, 0) is 167 Å². The lowest BCUT2D eigenvalue weighted by Crippen LogP contribution is -2.13. The summed E-state index contributed by atoms with van der Waals surface area (Å²) in [5.74, 6) is 0. The van der Waals surface area contributed by atoms with E-state index >= 15 is 0 Å². The van der Waals surface area contributed by atoms with Gasteiger partial charge in [0.2, 0.25) is 0 Å². The van der Waals surface area contributed by atoms with E-state index in [1.165, 1.54) is 138 Å². The maximum absolute atomic E-state index is 2.58. The molecule has 0 radical (unpaired) electrons. The van der Waals surface area contributed by atoms with Crippen LogP contribution < -0.4 is 0 Å². The fraction of sp³-hybridized carbons (Fsp3) is 0.0645. The molecule has 0 bridgehead atoms. The summed E-state index contributed by atoms with van der Waals surface area (Å²) in [6.07, 6.45) is 0. The summed E-state index contributed by atoms with van der Waals surface area (Å²) in [6.45, 7) is 7.18. The van der Waals surface area contributed by atoms with E-state index in [1.807, 2.05) is 0 Å². The Labute approximate surface area is 362 Å². The van der Waals surface area contributed by atoms with Gasteiger partial charge in [-0.25, -0.2) is 0 Å². The molecular weight excluding hydrogens is 745 g/mol. The molecule has 13 rings (SSSR count). The summed E-state index contributed by atoms with van der Waals surface area (Å²) < 4.78 is 0. The van der Waals surface area contributed by atoms with Crippen LogP contribution in [0, 0.1) is 0 Å². The molecule has 0 heteroatoms. The minimum atomic E-state index is -0.108. The maximum Gasteiger partial charge on any atom is -0.00107 e. The fourth-order valence-electron chi connectivity index (χ4n) is 11.3. The first kappa shape index (κ1) is 35.2. The molecule has 11 aromatic carbocycles. The lowest BCUT2D eigenvalue weighted by atomic mass is 9.79. The zero-order valence-electron chi connectivity index (χ0n) is 35.1. The van der Waals surface area contributed by atoms with E-state index in [0.29, 0.717) is 0 Å². The summed E-state index contributed by atoms with van der Waals surface area (Å²) in [4.78, 5) is 0. The van der Waals surface area contributed by atoms with E-state index in [1.54, 1.807) is 0 Å². The van der Waals surface area contributed by atoms with Crippen molar-refractivity contribution < 1.29 is 0 Å². The van der Waals surface area contributed by atoms with Crippen molar-refractivity contribution >= 4 is 43.1 Å². The Kier molecular flexibility index (Phi) is 7.38. The standard InChI is InChI=1S/C62H42/c1-62(2,3)54-36-52-49-35-51-50(55(38-21-9-5-10-22-38)44-29-17-18-30-45(44)57(51)43-28-16-15-26-41(43)37-19-7-4-8-20-37)34-48(49)46-31-32-47-59-53(60(54)61(47)58(46)52)33-40-25-13-14-27-42(40)56(59)39-23-11-6-12-24-39/h4-36H,1-3H3. The number of rotatable bonds is 4. The van der Waals surface area contributed by atoms with Gasteiger partial charge in [0.05, 0.1) is 0 Å². The predicted molar refractivity (Wildman–Crippen MR) is 266 cm³/mol. The summed E-state index contributed by atoms with van der Waals surface area (Å²) in [5.41, 5.74) is 22.2. The van der Waals surface area contributed by atoms with Crippen molar-refractivity contribution in [3.63, 3.8) is 0 Å². The second-order valence-corrected chi connectivity index (χ2v) is 18.3. The topological polar surface area (TPSA) is 0 Å². The van der Waals surface area contributed by atoms with Gasteiger partial charge >= 0.3 is 0 Å². The first-order chi connectivity index (χ1) is 30.4. The third-order valence-electron chi connectivity index (χ3n) is 13.8. The largest absolute Gasteiger partial charge is 0.0622 e. The molecule has 62 heavy (non-hydrogen) atoms. The Hall–Kier alpha value is -7.54. The predicted octanol–water partition coefficient (Wildman–Crippen LogP) is 17.6. The highest BCUT2D eigenvalue weighted by atomic mass is 14.4. The molecule has 0 unspecified atom stereocenters. The maximum atomic E-state index is 2.58. The normalized spacial score (nSPS) is 12.4. The van der Waals surface area contributed by atoms with E-state index in [4.69, 9.17) is 0 Å². The zero-order valence-corrected chi connectivity index (χ0v) is 35.1. The van der Waals surface area contributed by atoms with E-state index in [-0.39, 0.29) is 5.41 Å². The Morgan fingerprint density at radius 2 is 0.774 bits per heavy atom. The van der Waals surface area contributed by atoms with Gasteiger partial charge in [-0.1, -0.05) is 197 Å². The Balaban J connectivity index is 1.18. The van der Waals surface area contributed by atoms with Crippen LogP contribution in [0.25, 0.3) is 132 Å². The van der Waals surface area contributed by atoms with E-state index < -0.39 is 0 Å². The fourth-order valence-corrected chi connectivity index (χ4v) is 11.3. The number of fused-ring (bicyclic) bond motifs is 9. The highest BCUT2D eigenvalue weighted by molar-refractivity contribution is 6.32. The summed E-state index contributed by atoms with van der Waals surface area (Å²) in [5, 5.41) is 10.5. The molecule has 0 amide bonds. The highest BCUT2D eigenvalue weighted by Crippen LogP contribution is 2.62. The Morgan fingerprint density at radius 1 is 0.258 bits per heavy atom. The van der Waals surface area contributed by atoms with Gasteiger partial charge in [-0.3, -0.25) is 0 Å². The summed E-state index contributed by atoms with van der Waals surface area (Å²) in [7, 11) is 0. The smallest absolute Gasteiger partial charge is 0.00107 e. The summed E-state index contributed by atoms with van der Waals surface area (Å²) >= 11 is 0. The van der Waals surface area contributed by atoms with Gasteiger partial charge in [-0.2, -0.15) is 0 Å². The van der Waals surface area contributed by atoms with Crippen LogP contribution >= 0.6 is 0 Å². The molecule has 0 nitrogen and oxygen atoms in total. The monoisotopic (exact) mass is 786 g/mol. The SMILES string of the molecule is CC(C)(C)c1cc2c3c(ccc4c3c1-c1cc3ccccc3c(-c3ccccc3)c1-4)-c1cc3c(-c4ccccc4)c4ccccc4c(-c4ccccc4-c4ccccc4)c3cc1-2. The second-order valence-electron chi connectivity index (χ2n) is 18.3. The first-order valence-corrected chi connectivity index (χ1v) is 21.9. The molecular formula is C62H42. The quantitative estimate of drug-likeness (QED) is 0.156. The van der Waals surface area contributed by atoms with Gasteiger partial charge in [0.1, 0.15) is 0 Å². The van der Waals surface area contributed by atoms with Crippen molar-refractivity contribution in [2.24, 2.45) is 0 Å². The third kappa shape index (κ3) is 4.90. The molecule has 0 N–H and O–H groups in total. The minimum absolute atomic E-state index is 0.108. The number of hydrogen-bond acceptors (Lipinski definition) is 0. The molecule has 0 spiro atoms. The minimum Gasteiger partial charge on any atom is -0.0622 e. The Bertz CT molecular complexity index is 3680. The molecule has 290 valence electrons. The molecule has 0 aliphatic heterocycles. The molecule has 2 aliphatic rings. The lowest BCUT2D eigenvalue weighted by Gasteiger charge is -2.25. The van der Waals surface area contributed by atoms with Gasteiger partial charge in [0.25, 0.3) is 0 Å². The summed E-state index contributed by atoms with van der Waals surface area (Å²) in [6, 6.07) is 75.1. The van der Waals surface area contributed by atoms with Crippen molar-refractivity contribution in [2.45, 2.75) is 26.2 Å². The van der Waals surface area contributed by atoms with Crippen LogP contribution in [0.3, 0.4) is 0 Å². The van der Waals surface area contributed by atoms with Crippen molar-refractivity contribution in [3.05, 3.63) is 206 Å². The first-order valence-electron chi connectivity index (χ1n) is 21.9. The van der Waals surface area contributed by atoms with Crippen LogP contribution in [0.2, 0.25) is 0 Å². The van der Waals surface area contributed by atoms with Crippen molar-refractivity contribution in [3.8, 4) is 89.0 Å². The molecule has 0 atom stereocenters. The zero-order chi connectivity index (χ0) is 41.3. The van der Waals surface area contributed by atoms with Gasteiger partial charge < -0.3 is 0 Å². The second kappa shape index (κ2) is 13.0. The van der Waals surface area contributed by atoms with Crippen LogP contribution in [-0.4, -0.2) is 0 Å². The average Bonchev–Trinajstić information content (AvgIpc) is 3.81. The van der Waals surface area contributed by atoms with Gasteiger partial charge in [0.15, 0.2) is 0 Å². The molecule has 0 aromatic heterocycles. The molecule has 0 saturated carbocycles. The lowest BCUT2D eigenvalue weighted by molar-refractivity contribution is 0.593. The third-order valence-corrected chi connectivity index (χ3v) is 13.8. The van der Waals surface area contributed by atoms with Crippen LogP contribution in [0.1, 0.15) is 26.3 Å². The number of benzene rings is 11. The Morgan fingerprint density at radius 3 is 1.45 bits per heavy atom. The van der Waals surface area contributed by atoms with E-state index in [2.05, 4.69) is 221 Å². The molecule has 0 saturated heterocycles. The van der Waals surface area contributed by atoms with Crippen LogP contribution in [0.4, 0.5) is 0 Å². The highest BCUT2D eigenvalue weighted by Gasteiger charge is 2.36. The van der Waals surface area contributed by atoms with Gasteiger partial charge in [-0.15, -0.1) is 0 Å².